The maximum atomic E-state index is 8.20. The molecule has 0 fully saturated rings. The Bertz CT molecular complexity index is 329. The van der Waals surface area contributed by atoms with E-state index >= 15 is 0 Å². The van der Waals surface area contributed by atoms with Crippen LogP contribution in [0.5, 0.6) is 0 Å². The quantitative estimate of drug-likeness (QED) is 0.0798. The van der Waals surface area contributed by atoms with Crippen LogP contribution < -0.4 is 40.7 Å². The van der Waals surface area contributed by atoms with Gasteiger partial charge in [0, 0.05) is 72.8 Å². The van der Waals surface area contributed by atoms with E-state index in [0.29, 0.717) is 0 Å². The van der Waals surface area contributed by atoms with Crippen LogP contribution in [0.1, 0.15) is 0 Å². The standard InChI is InChI=1S/6C4H11NO.2Co.4Cu.4HI.2H2O/c6*1-5(2)3-4-6;;;;;;;;;;;;/h6*6H,3-4H2,1-2H3;;;;;;;4*1H;2*1H2/q;;;;;;;;2*+1;2*+2;;;;;;/p-2. The summed E-state index contributed by atoms with van der Waals surface area (Å²) in [6.07, 6.45) is 0. The van der Waals surface area contributed by atoms with E-state index in [1.54, 1.807) is 16.9 Å². The van der Waals surface area contributed by atoms with Gasteiger partial charge in [0.05, 0.1) is 39.6 Å². The van der Waals surface area contributed by atoms with Crippen molar-refractivity contribution in [2.24, 2.45) is 0 Å². The second-order valence-corrected chi connectivity index (χ2v) is 26.4. The average molecular weight is 1450 g/mol. The Hall–Kier alpha value is 5.45. The van der Waals surface area contributed by atoms with E-state index in [-0.39, 0.29) is 118 Å². The molecule has 0 amide bonds. The molecule has 332 valence electrons. The fraction of sp³-hybridized carbons (Fsp3) is 1.00. The third kappa shape index (κ3) is 238. The van der Waals surface area contributed by atoms with Gasteiger partial charge in [-0.05, 0) is 84.6 Å². The zero-order chi connectivity index (χ0) is 35.4. The molecule has 0 aliphatic heterocycles. The molecular weight excluding hydrogens is 1380 g/mol. The Morgan fingerprint density at radius 2 is 0.438 bits per heavy atom. The van der Waals surface area contributed by atoms with Crippen molar-refractivity contribution in [3.8, 4) is 0 Å². The van der Waals surface area contributed by atoms with Crippen molar-refractivity contribution in [3.63, 3.8) is 0 Å². The number of halogens is 4. The van der Waals surface area contributed by atoms with E-state index in [1.165, 1.54) is 0 Å². The van der Waals surface area contributed by atoms with E-state index in [2.05, 4.69) is 40.7 Å². The van der Waals surface area contributed by atoms with Crippen molar-refractivity contribution in [2.75, 3.05) is 163 Å². The normalized spacial score (nSPS) is 8.42. The third-order valence-corrected chi connectivity index (χ3v) is 3.28. The molecule has 0 aromatic carbocycles. The van der Waals surface area contributed by atoms with E-state index in [4.69, 9.17) is 30.6 Å². The molecule has 2 radical (unpaired) electrons. The second-order valence-electron chi connectivity index (χ2n) is 9.25. The number of aliphatic hydroxyl groups is 6. The summed E-state index contributed by atoms with van der Waals surface area (Å²) < 4.78 is 0. The summed E-state index contributed by atoms with van der Waals surface area (Å²) in [7, 11) is 26.7. The number of hydrogen-bond donors (Lipinski definition) is 6. The fourth-order valence-corrected chi connectivity index (χ4v) is 1.20. The minimum absolute atomic E-state index is 0. The first-order valence-electron chi connectivity index (χ1n) is 12.6. The summed E-state index contributed by atoms with van der Waals surface area (Å²) in [5, 5.41) is 49.2. The molecule has 0 atom stereocenters. The Morgan fingerprint density at radius 1 is 0.375 bits per heavy atom. The van der Waals surface area contributed by atoms with Crippen LogP contribution >= 0.6 is 40.7 Å². The molecule has 24 heteroatoms. The second kappa shape index (κ2) is 99.0. The SMILES string of the molecule is CN(C)CCO.CN(C)CCO.CN(C)CCO.CN(C)CCO.CN(C)CCO.CN(C)CCO.O.O.[Co].[Co].[Cu+].[Cu+].[I][Cu][IH+].[I][Cu][IH+]. The number of aliphatic hydroxyl groups excluding tert-OH is 6. The first-order valence-corrected chi connectivity index (χ1v) is 25.3. The molecule has 0 aromatic heterocycles. The van der Waals surface area contributed by atoms with Gasteiger partial charge in [-0.2, -0.15) is 0 Å². The van der Waals surface area contributed by atoms with Gasteiger partial charge < -0.3 is 71.0 Å². The van der Waals surface area contributed by atoms with Crippen LogP contribution in [0.15, 0.2) is 0 Å². The Kier molecular flexibility index (Phi) is 195. The topological polar surface area (TPSA) is 204 Å². The summed E-state index contributed by atoms with van der Waals surface area (Å²) in [6.45, 7) is 6.12. The van der Waals surface area contributed by atoms with E-state index < -0.39 is 0 Å². The van der Waals surface area contributed by atoms with Crippen molar-refractivity contribution in [3.05, 3.63) is 0 Å². The molecule has 0 bridgehead atoms. The molecule has 0 saturated heterocycles. The van der Waals surface area contributed by atoms with Gasteiger partial charge in [-0.15, -0.1) is 0 Å². The molecule has 10 N–H and O–H groups in total. The van der Waals surface area contributed by atoms with Gasteiger partial charge in [-0.25, -0.2) is 0 Å². The van der Waals surface area contributed by atoms with Crippen molar-refractivity contribution >= 4 is 40.7 Å². The Morgan fingerprint density at radius 3 is 0.438 bits per heavy atom. The third-order valence-electron chi connectivity index (χ3n) is 3.28. The molecule has 0 aliphatic rings. The van der Waals surface area contributed by atoms with Gasteiger partial charge in [0.2, 0.25) is 0 Å². The van der Waals surface area contributed by atoms with Crippen LogP contribution in [0.4, 0.5) is 0 Å². The summed E-state index contributed by atoms with van der Waals surface area (Å²) in [4.78, 5) is 11.6. The van der Waals surface area contributed by atoms with Gasteiger partial charge in [0.15, 0.2) is 0 Å². The van der Waals surface area contributed by atoms with Gasteiger partial charge >= 0.3 is 132 Å². The maximum absolute atomic E-state index is 8.20. The molecule has 0 spiro atoms. The van der Waals surface area contributed by atoms with Crippen LogP contribution in [0.25, 0.3) is 0 Å². The van der Waals surface area contributed by atoms with Crippen molar-refractivity contribution in [2.45, 2.75) is 0 Å². The molecule has 14 nitrogen and oxygen atoms in total. The first kappa shape index (κ1) is 94.5. The van der Waals surface area contributed by atoms with Crippen LogP contribution in [0, 0.1) is 0 Å². The molecular formula is C24H72Co2Cu4I4N6O8+4. The summed E-state index contributed by atoms with van der Waals surface area (Å²) >= 11 is 8.32. The summed E-state index contributed by atoms with van der Waals surface area (Å²) in [5.41, 5.74) is 0. The van der Waals surface area contributed by atoms with E-state index in [9.17, 15) is 0 Å². The van der Waals surface area contributed by atoms with Crippen molar-refractivity contribution < 1.29 is 167 Å². The summed E-state index contributed by atoms with van der Waals surface area (Å²) in [6, 6.07) is 0. The molecule has 0 saturated carbocycles. The monoisotopic (exact) mass is 1450 g/mol. The van der Waals surface area contributed by atoms with Gasteiger partial charge in [0.1, 0.15) is 0 Å². The minimum atomic E-state index is 0. The Labute approximate surface area is 394 Å². The predicted octanol–water partition coefficient (Wildman–Crippen LogP) is -9.18. The molecule has 0 rings (SSSR count). The first-order chi connectivity index (χ1) is 19.4. The average Bonchev–Trinajstić information content (AvgIpc) is 2.81. The molecule has 0 aromatic rings. The van der Waals surface area contributed by atoms with Crippen LogP contribution in [0.2, 0.25) is 0 Å². The van der Waals surface area contributed by atoms with Crippen molar-refractivity contribution in [1.29, 1.82) is 0 Å². The molecule has 48 heavy (non-hydrogen) atoms. The van der Waals surface area contributed by atoms with Gasteiger partial charge in [-0.3, -0.25) is 0 Å². The number of rotatable bonds is 12. The molecule has 0 heterocycles. The van der Waals surface area contributed by atoms with E-state index in [0.717, 1.165) is 39.3 Å². The zero-order valence-electron chi connectivity index (χ0n) is 30.3. The number of hydrogen-bond acceptors (Lipinski definition) is 12. The fourth-order valence-electron chi connectivity index (χ4n) is 1.20. The van der Waals surface area contributed by atoms with Crippen LogP contribution in [0.3, 0.4) is 0 Å². The summed E-state index contributed by atoms with van der Waals surface area (Å²) in [5.74, 6) is 0. The van der Waals surface area contributed by atoms with Gasteiger partial charge in [-0.1, -0.05) is 0 Å². The van der Waals surface area contributed by atoms with Crippen LogP contribution in [-0.4, -0.2) is 234 Å². The van der Waals surface area contributed by atoms with Crippen molar-refractivity contribution in [1.82, 2.24) is 29.4 Å². The van der Waals surface area contributed by atoms with Crippen LogP contribution in [-0.2, 0) is 84.6 Å². The Balaban J connectivity index is -0.0000000228. The van der Waals surface area contributed by atoms with E-state index in [1.807, 2.05) is 155 Å². The molecule has 0 aliphatic carbocycles. The predicted molar refractivity (Wildman–Crippen MR) is 192 cm³/mol. The number of nitrogens with zero attached hydrogens (tertiary/aromatic N) is 6. The molecule has 0 unspecified atom stereocenters. The zero-order valence-corrected chi connectivity index (χ0v) is 45.1. The van der Waals surface area contributed by atoms with Gasteiger partial charge in [0.25, 0.3) is 0 Å². The number of likely N-dealkylation sites (N-methyl/N-ethyl adjacent to an activating group) is 6.